The van der Waals surface area contributed by atoms with Crippen LogP contribution in [0.4, 0.5) is 10.5 Å². The van der Waals surface area contributed by atoms with E-state index < -0.39 is 101 Å². The molecule has 11 atom stereocenters. The Hall–Kier alpha value is -8.61. The zero-order valence-electron chi connectivity index (χ0n) is 65.7. The van der Waals surface area contributed by atoms with Crippen LogP contribution in [-0.4, -0.2) is 195 Å². The van der Waals surface area contributed by atoms with Crippen molar-refractivity contribution in [2.45, 2.75) is 233 Å². The molecule has 0 aromatic heterocycles. The Labute approximate surface area is 643 Å². The molecule has 0 radical (unpaired) electrons. The summed E-state index contributed by atoms with van der Waals surface area (Å²) in [5.41, 5.74) is 5.51. The Morgan fingerprint density at radius 2 is 1.36 bits per heavy atom. The SMILES string of the molecule is CC[C@H](C)[C@@H](CCC(=O)N1CCC[C@H]1[C@H](OC)[C@@H](C)C(=O)N[C@H](C)[C@@H](O)c1ccccc1)N(C)C(=O)[C@@H](NC(=O)[C@H](C(C)C)N(C)C(=O)OCc1ccc(NC(=O)[C@H](C)NC(=O)[C@@H](NC(=O)CCSSC(C)(C)CC(=O)N/N=C(\C)c2ccc(OCCCC(=O)ON3C(=O)CCC3=O)cc2)C(C)C)cc1)C(C)C. The van der Waals surface area contributed by atoms with E-state index in [9.17, 15) is 62.6 Å². The predicted octanol–water partition coefficient (Wildman–Crippen LogP) is 8.78. The number of likely N-dealkylation sites (tertiary alicyclic amines) is 1. The number of carbonyl (C=O) groups excluding carboxylic acids is 12. The molecular weight excluding hydrogens is 1430 g/mol. The lowest BCUT2D eigenvalue weighted by atomic mass is 9.91. The second-order valence-electron chi connectivity index (χ2n) is 29.5. The molecule has 2 fully saturated rings. The average Bonchev–Trinajstić information content (AvgIpc) is 1.76. The molecule has 596 valence electrons. The number of aliphatic hydroxyl groups is 1. The van der Waals surface area contributed by atoms with Crippen molar-refractivity contribution in [1.82, 2.24) is 46.5 Å². The van der Waals surface area contributed by atoms with E-state index in [4.69, 9.17) is 19.0 Å². The molecule has 0 bridgehead atoms. The molecule has 0 saturated carbocycles. The van der Waals surface area contributed by atoms with Gasteiger partial charge in [0.15, 0.2) is 0 Å². The Balaban J connectivity index is 1.03. The van der Waals surface area contributed by atoms with Crippen LogP contribution in [0.5, 0.6) is 5.75 Å². The molecule has 0 spiro atoms. The Morgan fingerprint density at radius 3 is 1.96 bits per heavy atom. The zero-order chi connectivity index (χ0) is 80.3. The summed E-state index contributed by atoms with van der Waals surface area (Å²) in [6, 6.07) is 17.2. The first-order valence-corrected chi connectivity index (χ1v) is 39.6. The first-order valence-electron chi connectivity index (χ1n) is 37.2. The summed E-state index contributed by atoms with van der Waals surface area (Å²) < 4.78 is 16.8. The number of hydrogen-bond donors (Lipinski definition) is 7. The lowest BCUT2D eigenvalue weighted by Crippen LogP contribution is -2.58. The first kappa shape index (κ1) is 90.0. The summed E-state index contributed by atoms with van der Waals surface area (Å²) >= 11 is 0. The topological polar surface area (TPSA) is 359 Å². The van der Waals surface area contributed by atoms with E-state index in [0.717, 1.165) is 12.0 Å². The van der Waals surface area contributed by atoms with E-state index in [0.29, 0.717) is 71.3 Å². The molecule has 11 amide bonds. The van der Waals surface area contributed by atoms with Crippen LogP contribution in [0.3, 0.4) is 0 Å². The van der Waals surface area contributed by atoms with E-state index in [1.165, 1.54) is 47.6 Å². The van der Waals surface area contributed by atoms with Crippen molar-refractivity contribution in [2.24, 2.45) is 34.7 Å². The third kappa shape index (κ3) is 27.5. The monoisotopic (exact) mass is 1540 g/mol. The number of anilines is 1. The van der Waals surface area contributed by atoms with Crippen LogP contribution in [-0.2, 0) is 73.7 Å². The van der Waals surface area contributed by atoms with Crippen molar-refractivity contribution in [2.75, 3.05) is 45.4 Å². The van der Waals surface area contributed by atoms with Crippen LogP contribution in [0.15, 0.2) is 84.0 Å². The molecule has 2 saturated heterocycles. The molecule has 0 unspecified atom stereocenters. The van der Waals surface area contributed by atoms with Gasteiger partial charge in [-0.15, -0.1) is 5.06 Å². The van der Waals surface area contributed by atoms with Gasteiger partial charge in [0.05, 0.1) is 48.9 Å². The molecule has 2 aliphatic heterocycles. The number of rotatable bonds is 42. The highest BCUT2D eigenvalue weighted by molar-refractivity contribution is 8.77. The maximum Gasteiger partial charge on any atom is 0.410 e. The van der Waals surface area contributed by atoms with Crippen LogP contribution < -0.4 is 36.7 Å². The Bertz CT molecular complexity index is 3550. The van der Waals surface area contributed by atoms with Crippen LogP contribution in [0.25, 0.3) is 0 Å². The van der Waals surface area contributed by atoms with E-state index in [2.05, 4.69) is 37.1 Å². The van der Waals surface area contributed by atoms with Crippen molar-refractivity contribution in [3.63, 3.8) is 0 Å². The second-order valence-corrected chi connectivity index (χ2v) is 32.6. The fraction of sp³-hybridized carbons (Fsp3) is 0.603. The number of nitrogens with zero attached hydrogens (tertiary/aromatic N) is 5. The fourth-order valence-electron chi connectivity index (χ4n) is 12.7. The third-order valence-electron chi connectivity index (χ3n) is 19.3. The number of methoxy groups -OCH3 is 1. The first-order chi connectivity index (χ1) is 51.0. The molecule has 2 aliphatic rings. The van der Waals surface area contributed by atoms with Gasteiger partial charge in [-0.1, -0.05) is 133 Å². The van der Waals surface area contributed by atoms with Gasteiger partial charge in [0.25, 0.3) is 11.8 Å². The molecule has 0 aliphatic carbocycles. The largest absolute Gasteiger partial charge is 0.494 e. The summed E-state index contributed by atoms with van der Waals surface area (Å²) in [5, 5.41) is 29.9. The highest BCUT2D eigenvalue weighted by Crippen LogP contribution is 2.38. The van der Waals surface area contributed by atoms with Crippen LogP contribution in [0, 0.1) is 29.6 Å². The quantitative estimate of drug-likeness (QED) is 0.00915. The van der Waals surface area contributed by atoms with Crippen molar-refractivity contribution >= 4 is 104 Å². The van der Waals surface area contributed by atoms with Gasteiger partial charge in [-0.3, -0.25) is 52.8 Å². The number of hydrazone groups is 1. The number of hydrogen-bond acceptors (Lipinski definition) is 20. The predicted molar refractivity (Wildman–Crippen MR) is 414 cm³/mol. The maximum atomic E-state index is 14.6. The number of nitrogens with one attached hydrogen (secondary N) is 6. The summed E-state index contributed by atoms with van der Waals surface area (Å²) in [6.07, 6.45) is 0.668. The summed E-state index contributed by atoms with van der Waals surface area (Å²) in [5.74, 6) is -5.76. The number of benzene rings is 3. The van der Waals surface area contributed by atoms with Crippen molar-refractivity contribution in [3.05, 3.63) is 95.6 Å². The molecule has 108 heavy (non-hydrogen) atoms. The number of aliphatic hydroxyl groups excluding tert-OH is 1. The number of imide groups is 1. The lowest BCUT2D eigenvalue weighted by molar-refractivity contribution is -0.197. The molecule has 5 rings (SSSR count). The summed E-state index contributed by atoms with van der Waals surface area (Å²) in [4.78, 5) is 168. The summed E-state index contributed by atoms with van der Waals surface area (Å²) in [7, 11) is 7.52. The molecular formula is C78H115N11O17S2. The summed E-state index contributed by atoms with van der Waals surface area (Å²) in [6.45, 7) is 25.8. The minimum absolute atomic E-state index is 0.0169. The molecule has 2 heterocycles. The fourth-order valence-corrected chi connectivity index (χ4v) is 15.2. The second kappa shape index (κ2) is 43.5. The van der Waals surface area contributed by atoms with Gasteiger partial charge in [0, 0.05) is 82.1 Å². The van der Waals surface area contributed by atoms with Crippen LogP contribution >= 0.6 is 21.6 Å². The minimum atomic E-state index is -1.04. The number of amides is 11. The standard InChI is InChI=1S/C78H115N11O17S2/c1-18-49(8)59(36-37-63(92)88-41-22-26-60(88)71(103-17)50(9)72(97)79-52(11)70(96)56-24-20-19-21-25-56)86(15)76(101)68(47(4)5)83-75(100)69(48(6)7)87(16)77(102)105-45-54-28-32-57(33-29-54)81-73(98)53(12)80-74(99)67(46(2)3)82-61(90)40-43-107-108-78(13,14)44-62(91)85-84-51(10)55-30-34-58(35-31-55)104-42-23-27-66(95)106-89-64(93)38-39-65(89)94/h19-21,24-25,28-35,46-50,52-53,59-60,67-71,96H,18,22-23,26-27,36-45H2,1-17H3,(H,79,97)(H,80,99)(H,81,98)(H,82,90)(H,83,100)(H,85,91)/b84-51+/t49-,50+,52+,53-,59+,60-,67-,68-,69-,70+,71+/m0/s1. The third-order valence-corrected chi connectivity index (χ3v) is 22.6. The van der Waals surface area contributed by atoms with E-state index in [1.807, 2.05) is 59.7 Å². The minimum Gasteiger partial charge on any atom is -0.494 e. The number of hydroxylamine groups is 2. The van der Waals surface area contributed by atoms with Crippen LogP contribution in [0.2, 0.25) is 0 Å². The molecule has 28 nitrogen and oxygen atoms in total. The van der Waals surface area contributed by atoms with Gasteiger partial charge >= 0.3 is 12.1 Å². The van der Waals surface area contributed by atoms with Crippen LogP contribution in [0.1, 0.15) is 190 Å². The highest BCUT2D eigenvalue weighted by Gasteiger charge is 2.42. The highest BCUT2D eigenvalue weighted by atomic mass is 33.1. The van der Waals surface area contributed by atoms with Crippen molar-refractivity contribution in [1.29, 1.82) is 0 Å². The van der Waals surface area contributed by atoms with Gasteiger partial charge < -0.3 is 60.5 Å². The van der Waals surface area contributed by atoms with Gasteiger partial charge in [-0.25, -0.2) is 15.0 Å². The van der Waals surface area contributed by atoms with Gasteiger partial charge in [0.1, 0.15) is 36.5 Å². The van der Waals surface area contributed by atoms with Crippen molar-refractivity contribution < 1.29 is 81.7 Å². The number of ether oxygens (including phenoxy) is 3. The van der Waals surface area contributed by atoms with E-state index in [-0.39, 0.29) is 111 Å². The molecule has 3 aromatic carbocycles. The lowest BCUT2D eigenvalue weighted by Gasteiger charge is -2.38. The van der Waals surface area contributed by atoms with Gasteiger partial charge in [0.2, 0.25) is 47.3 Å². The Morgan fingerprint density at radius 1 is 0.722 bits per heavy atom. The normalized spacial score (nSPS) is 16.8. The van der Waals surface area contributed by atoms with Crippen molar-refractivity contribution in [3.8, 4) is 5.75 Å². The number of carbonyl (C=O) groups is 12. The molecule has 30 heteroatoms. The van der Waals surface area contributed by atoms with E-state index >= 15 is 0 Å². The Kier molecular flexibility index (Phi) is 36.3. The average molecular weight is 1540 g/mol. The van der Waals surface area contributed by atoms with Gasteiger partial charge in [-0.2, -0.15) is 5.10 Å². The molecule has 3 aromatic rings. The number of likely N-dealkylation sites (N-methyl/N-ethyl adjacent to an activating group) is 2. The van der Waals surface area contributed by atoms with E-state index in [1.54, 1.807) is 126 Å². The zero-order valence-corrected chi connectivity index (χ0v) is 67.4. The smallest absolute Gasteiger partial charge is 0.410 e. The van der Waals surface area contributed by atoms with Gasteiger partial charge in [-0.05, 0) is 137 Å². The maximum absolute atomic E-state index is 14.6. The molecule has 7 N–H and O–H groups in total.